The van der Waals surface area contributed by atoms with Gasteiger partial charge in [-0.1, -0.05) is 70.4 Å². The Labute approximate surface area is 217 Å². The summed E-state index contributed by atoms with van der Waals surface area (Å²) in [5.74, 6) is -0.664. The largest absolute Gasteiger partial charge is 0 e. The fourth-order valence-electron chi connectivity index (χ4n) is 3.08. The Balaban J connectivity index is -0.000000616. The van der Waals surface area contributed by atoms with Crippen molar-refractivity contribution in [3.05, 3.63) is 12.2 Å². The van der Waals surface area contributed by atoms with Crippen LogP contribution in [0.4, 0.5) is 0 Å². The van der Waals surface area contributed by atoms with Gasteiger partial charge in [0, 0.05) is 30.3 Å². The molecule has 30 heavy (non-hydrogen) atoms. The third-order valence-electron chi connectivity index (χ3n) is 5.07. The third-order valence-corrected chi connectivity index (χ3v) is 9.10. The van der Waals surface area contributed by atoms with E-state index in [-0.39, 0.29) is 45.0 Å². The second kappa shape index (κ2) is 34.4. The summed E-state index contributed by atoms with van der Waals surface area (Å²) in [4.78, 5) is 10.3. The minimum absolute atomic E-state index is 0. The van der Waals surface area contributed by atoms with Crippen LogP contribution in [0.15, 0.2) is 12.2 Å². The predicted molar refractivity (Wildman–Crippen MR) is 138 cm³/mol. The SMILES string of the molecule is CCCCCCCC/C=C\CCCCCCCC(=O)O.CCC[CH2][Sn][CH2]CCC.[Sn]. The van der Waals surface area contributed by atoms with Crippen molar-refractivity contribution in [1.82, 2.24) is 0 Å². The van der Waals surface area contributed by atoms with Crippen LogP contribution in [0.25, 0.3) is 0 Å². The Bertz CT molecular complexity index is 327. The van der Waals surface area contributed by atoms with Crippen molar-refractivity contribution in [2.24, 2.45) is 0 Å². The van der Waals surface area contributed by atoms with Crippen LogP contribution < -0.4 is 0 Å². The van der Waals surface area contributed by atoms with Crippen molar-refractivity contribution in [1.29, 1.82) is 0 Å². The van der Waals surface area contributed by atoms with Crippen molar-refractivity contribution in [3.8, 4) is 0 Å². The summed E-state index contributed by atoms with van der Waals surface area (Å²) in [7, 11) is 0. The monoisotopic (exact) mass is 636 g/mol. The number of allylic oxidation sites excluding steroid dienone is 2. The maximum absolute atomic E-state index is 10.3. The maximum atomic E-state index is 10.3. The zero-order valence-electron chi connectivity index (χ0n) is 20.7. The number of rotatable bonds is 21. The fraction of sp³-hybridized carbons (Fsp3) is 0.885. The molecule has 0 aliphatic rings. The number of carbonyl (C=O) groups is 1. The zero-order valence-corrected chi connectivity index (χ0v) is 26.4. The summed E-state index contributed by atoms with van der Waals surface area (Å²) in [6.07, 6.45) is 27.1. The quantitative estimate of drug-likeness (QED) is 0.0779. The van der Waals surface area contributed by atoms with Gasteiger partial charge in [0.15, 0.2) is 0 Å². The molecule has 2 nitrogen and oxygen atoms in total. The Hall–Kier alpha value is 0.807. The molecule has 0 spiro atoms. The van der Waals surface area contributed by atoms with Gasteiger partial charge in [0.2, 0.25) is 0 Å². The Morgan fingerprint density at radius 1 is 0.633 bits per heavy atom. The van der Waals surface area contributed by atoms with Gasteiger partial charge in [-0.3, -0.25) is 4.79 Å². The van der Waals surface area contributed by atoms with Crippen molar-refractivity contribution in [2.75, 3.05) is 0 Å². The van der Waals surface area contributed by atoms with Gasteiger partial charge < -0.3 is 5.11 Å². The van der Waals surface area contributed by atoms with Gasteiger partial charge in [-0.25, -0.2) is 0 Å². The van der Waals surface area contributed by atoms with E-state index in [1.54, 1.807) is 8.87 Å². The normalized spacial score (nSPS) is 10.5. The van der Waals surface area contributed by atoms with Crippen LogP contribution in [0.1, 0.15) is 136 Å². The smallest absolute Gasteiger partial charge is 0 e. The Morgan fingerprint density at radius 3 is 1.47 bits per heavy atom. The molecule has 0 aliphatic carbocycles. The zero-order chi connectivity index (χ0) is 21.8. The number of aliphatic carboxylic acids is 1. The van der Waals surface area contributed by atoms with E-state index in [4.69, 9.17) is 5.11 Å². The molecule has 0 aromatic rings. The van der Waals surface area contributed by atoms with Crippen LogP contribution in [0.5, 0.6) is 0 Å². The van der Waals surface area contributed by atoms with Crippen LogP contribution >= 0.6 is 0 Å². The molecule has 0 aliphatic heterocycles. The summed E-state index contributed by atoms with van der Waals surface area (Å²) >= 11 is 0.149. The van der Waals surface area contributed by atoms with E-state index >= 15 is 0 Å². The number of hydrogen-bond acceptors (Lipinski definition) is 1. The van der Waals surface area contributed by atoms with E-state index in [1.807, 2.05) is 0 Å². The van der Waals surface area contributed by atoms with Gasteiger partial charge in [-0.05, 0) is 32.1 Å². The molecule has 4 heteroatoms. The minimum atomic E-state index is -0.664. The standard InChI is InChI=1S/C18H34O2.2C4H9.2Sn/c1-2-3-4-5-6-7-8-9-10-11-12-13-14-15-16-17-18(19)20;2*1-3-4-2;;/h9-10H,2-8,11-17H2,1H3,(H,19,20);2*1,3-4H2,2H3;;/b10-9-;;;;. The average Bonchev–Trinajstić information content (AvgIpc) is 2.71. The first-order valence-electron chi connectivity index (χ1n) is 12.8. The first kappa shape index (κ1) is 35.4. The van der Waals surface area contributed by atoms with Gasteiger partial charge >= 0.3 is 75.5 Å². The number of hydrogen-bond donors (Lipinski definition) is 1. The molecule has 1 N–H and O–H groups in total. The number of carboxylic acid groups (broad SMARTS) is 1. The average molecular weight is 634 g/mol. The molecule has 0 rings (SSSR count). The molecule has 176 valence electrons. The van der Waals surface area contributed by atoms with Crippen LogP contribution in [0.2, 0.25) is 8.87 Å². The van der Waals surface area contributed by atoms with Crippen LogP contribution in [-0.2, 0) is 4.79 Å². The summed E-state index contributed by atoms with van der Waals surface area (Å²) < 4.78 is 3.25. The van der Waals surface area contributed by atoms with Gasteiger partial charge in [-0.2, -0.15) is 0 Å². The summed E-state index contributed by atoms with van der Waals surface area (Å²) in [6, 6.07) is 0. The molecule has 0 aromatic carbocycles. The summed E-state index contributed by atoms with van der Waals surface area (Å²) in [6.45, 7) is 6.84. The summed E-state index contributed by atoms with van der Waals surface area (Å²) in [5.41, 5.74) is 0. The molecular weight excluding hydrogens is 582 g/mol. The van der Waals surface area contributed by atoms with Crippen molar-refractivity contribution >= 4 is 51.0 Å². The first-order chi connectivity index (χ1) is 14.2. The van der Waals surface area contributed by atoms with E-state index in [9.17, 15) is 4.79 Å². The first-order valence-corrected chi connectivity index (χ1v) is 16.8. The molecular formula is C26H52O2Sn2. The number of carboxylic acids is 1. The molecule has 0 saturated heterocycles. The van der Waals surface area contributed by atoms with Gasteiger partial charge in [-0.15, -0.1) is 0 Å². The van der Waals surface area contributed by atoms with Crippen molar-refractivity contribution < 1.29 is 9.90 Å². The van der Waals surface area contributed by atoms with Crippen molar-refractivity contribution in [2.45, 2.75) is 145 Å². The molecule has 0 amide bonds. The molecule has 0 bridgehead atoms. The van der Waals surface area contributed by atoms with Crippen LogP contribution in [-0.4, -0.2) is 56.1 Å². The van der Waals surface area contributed by atoms with E-state index in [0.717, 1.165) is 12.8 Å². The predicted octanol–water partition coefficient (Wildman–Crippen LogP) is 8.86. The molecule has 0 saturated carbocycles. The van der Waals surface area contributed by atoms with E-state index in [0.29, 0.717) is 6.42 Å². The topological polar surface area (TPSA) is 37.3 Å². The second-order valence-electron chi connectivity index (χ2n) is 8.19. The van der Waals surface area contributed by atoms with Gasteiger partial charge in [0.25, 0.3) is 0 Å². The summed E-state index contributed by atoms with van der Waals surface area (Å²) in [5, 5.41) is 8.51. The molecule has 6 radical (unpaired) electrons. The molecule has 0 fully saturated rings. The van der Waals surface area contributed by atoms with Gasteiger partial charge in [0.05, 0.1) is 0 Å². The van der Waals surface area contributed by atoms with E-state index < -0.39 is 5.97 Å². The fourth-order valence-corrected chi connectivity index (χ4v) is 7.23. The molecule has 0 atom stereocenters. The van der Waals surface area contributed by atoms with Crippen molar-refractivity contribution in [3.63, 3.8) is 0 Å². The number of unbranched alkanes of at least 4 members (excludes halogenated alkanes) is 13. The Kier molecular flexibility index (Phi) is 40.6. The third kappa shape index (κ3) is 39.3. The van der Waals surface area contributed by atoms with E-state index in [1.165, 1.54) is 96.3 Å². The molecule has 0 unspecified atom stereocenters. The Morgan fingerprint density at radius 2 is 1.03 bits per heavy atom. The molecule has 0 aromatic heterocycles. The molecule has 0 heterocycles. The maximum Gasteiger partial charge on any atom is 0 e. The minimum Gasteiger partial charge on any atom is 0 e. The van der Waals surface area contributed by atoms with Crippen LogP contribution in [0.3, 0.4) is 0 Å². The van der Waals surface area contributed by atoms with Gasteiger partial charge in [0.1, 0.15) is 0 Å². The van der Waals surface area contributed by atoms with E-state index in [2.05, 4.69) is 32.9 Å². The second-order valence-corrected chi connectivity index (χ2v) is 12.5. The van der Waals surface area contributed by atoms with Crippen LogP contribution in [0, 0.1) is 0 Å².